The summed E-state index contributed by atoms with van der Waals surface area (Å²) in [6.07, 6.45) is 1.65. The largest absolute Gasteiger partial charge is 0.315 e. The van der Waals surface area contributed by atoms with E-state index in [9.17, 15) is 9.59 Å². The molecular formula is C20H22N2O2. The third-order valence-corrected chi connectivity index (χ3v) is 4.53. The van der Waals surface area contributed by atoms with Crippen LogP contribution in [0.1, 0.15) is 24.5 Å². The van der Waals surface area contributed by atoms with Gasteiger partial charge in [-0.1, -0.05) is 30.3 Å². The van der Waals surface area contributed by atoms with Crippen LogP contribution in [0.25, 0.3) is 0 Å². The monoisotopic (exact) mass is 322 g/mol. The Kier molecular flexibility index (Phi) is 4.65. The summed E-state index contributed by atoms with van der Waals surface area (Å²) in [6, 6.07) is 15.7. The van der Waals surface area contributed by atoms with E-state index in [1.165, 1.54) is 0 Å². The van der Waals surface area contributed by atoms with Crippen LogP contribution < -0.4 is 9.80 Å². The smallest absolute Gasteiger partial charge is 0.231 e. The van der Waals surface area contributed by atoms with Crippen molar-refractivity contribution in [2.75, 3.05) is 23.4 Å². The van der Waals surface area contributed by atoms with Crippen molar-refractivity contribution in [3.8, 4) is 0 Å². The molecular weight excluding hydrogens is 300 g/mol. The van der Waals surface area contributed by atoms with Crippen molar-refractivity contribution >= 4 is 23.2 Å². The van der Waals surface area contributed by atoms with Crippen molar-refractivity contribution in [3.05, 3.63) is 59.7 Å². The predicted octanol–water partition coefficient (Wildman–Crippen LogP) is 3.19. The number of carbonyl (C=O) groups excluding carboxylic acids is 2. The van der Waals surface area contributed by atoms with Gasteiger partial charge in [0.15, 0.2) is 0 Å². The fraction of sp³-hybridized carbons (Fsp3) is 0.300. The lowest BCUT2D eigenvalue weighted by atomic mass is 9.98. The fourth-order valence-electron chi connectivity index (χ4n) is 3.20. The van der Waals surface area contributed by atoms with Crippen LogP contribution in [0, 0.1) is 0 Å². The zero-order valence-corrected chi connectivity index (χ0v) is 14.2. The first-order valence-corrected chi connectivity index (χ1v) is 8.34. The zero-order valence-electron chi connectivity index (χ0n) is 14.2. The number of amides is 2. The Hall–Kier alpha value is -2.62. The molecule has 0 fully saturated rings. The number of aryl methyl sites for hydroxylation is 1. The SMILES string of the molecule is CCN(C(=O)Cc1ccc2c(c1)CCC(=O)N2C)c1ccccc1. The fourth-order valence-corrected chi connectivity index (χ4v) is 3.20. The Bertz CT molecular complexity index is 755. The molecule has 0 aromatic heterocycles. The molecule has 0 saturated carbocycles. The van der Waals surface area contributed by atoms with Crippen LogP contribution in [-0.4, -0.2) is 25.4 Å². The molecule has 124 valence electrons. The number of benzene rings is 2. The second-order valence-electron chi connectivity index (χ2n) is 6.07. The first-order valence-electron chi connectivity index (χ1n) is 8.34. The number of hydrogen-bond donors (Lipinski definition) is 0. The number of carbonyl (C=O) groups is 2. The maximum Gasteiger partial charge on any atom is 0.231 e. The Morgan fingerprint density at radius 1 is 1.12 bits per heavy atom. The van der Waals surface area contributed by atoms with E-state index < -0.39 is 0 Å². The topological polar surface area (TPSA) is 40.6 Å². The van der Waals surface area contributed by atoms with Crippen LogP contribution in [0.3, 0.4) is 0 Å². The highest BCUT2D eigenvalue weighted by Gasteiger charge is 2.21. The van der Waals surface area contributed by atoms with Gasteiger partial charge in [0, 0.05) is 31.4 Å². The summed E-state index contributed by atoms with van der Waals surface area (Å²) in [5, 5.41) is 0. The minimum Gasteiger partial charge on any atom is -0.315 e. The number of rotatable bonds is 4. The number of hydrogen-bond acceptors (Lipinski definition) is 2. The minimum absolute atomic E-state index is 0.0869. The average Bonchev–Trinajstić information content (AvgIpc) is 2.60. The molecule has 2 amide bonds. The standard InChI is InChI=1S/C20H22N2O2/c1-3-22(17-7-5-4-6-8-17)20(24)14-15-9-11-18-16(13-15)10-12-19(23)21(18)2/h4-9,11,13H,3,10,12,14H2,1-2H3. The molecule has 0 saturated heterocycles. The lowest BCUT2D eigenvalue weighted by molar-refractivity contribution is -0.119. The highest BCUT2D eigenvalue weighted by atomic mass is 16.2. The molecule has 1 heterocycles. The summed E-state index contributed by atoms with van der Waals surface area (Å²) in [7, 11) is 1.80. The van der Waals surface area contributed by atoms with E-state index in [0.29, 0.717) is 19.4 Å². The average molecular weight is 322 g/mol. The summed E-state index contributed by atoms with van der Waals surface area (Å²) in [5.74, 6) is 0.233. The van der Waals surface area contributed by atoms with Gasteiger partial charge in [0.1, 0.15) is 0 Å². The van der Waals surface area contributed by atoms with Crippen LogP contribution in [0.5, 0.6) is 0 Å². The van der Waals surface area contributed by atoms with Gasteiger partial charge >= 0.3 is 0 Å². The van der Waals surface area contributed by atoms with Gasteiger partial charge in [0.25, 0.3) is 0 Å². The van der Waals surface area contributed by atoms with Gasteiger partial charge in [-0.3, -0.25) is 9.59 Å². The molecule has 24 heavy (non-hydrogen) atoms. The normalized spacial score (nSPS) is 13.6. The van der Waals surface area contributed by atoms with Crippen molar-refractivity contribution in [1.29, 1.82) is 0 Å². The van der Waals surface area contributed by atoms with E-state index in [0.717, 1.165) is 28.9 Å². The van der Waals surface area contributed by atoms with Crippen molar-refractivity contribution in [3.63, 3.8) is 0 Å². The number of fused-ring (bicyclic) bond motifs is 1. The van der Waals surface area contributed by atoms with Crippen molar-refractivity contribution < 1.29 is 9.59 Å². The van der Waals surface area contributed by atoms with Gasteiger partial charge in [-0.05, 0) is 42.7 Å². The van der Waals surface area contributed by atoms with Crippen molar-refractivity contribution in [2.24, 2.45) is 0 Å². The maximum atomic E-state index is 12.7. The molecule has 0 N–H and O–H groups in total. The molecule has 3 rings (SSSR count). The summed E-state index contributed by atoms with van der Waals surface area (Å²) in [4.78, 5) is 28.0. The molecule has 1 aliphatic heterocycles. The van der Waals surface area contributed by atoms with Crippen molar-refractivity contribution in [1.82, 2.24) is 0 Å². The van der Waals surface area contributed by atoms with Crippen molar-refractivity contribution in [2.45, 2.75) is 26.2 Å². The first kappa shape index (κ1) is 16.2. The lowest BCUT2D eigenvalue weighted by Gasteiger charge is -2.26. The minimum atomic E-state index is 0.0869. The Morgan fingerprint density at radius 2 is 1.88 bits per heavy atom. The van der Waals surface area contributed by atoms with E-state index in [-0.39, 0.29) is 11.8 Å². The third kappa shape index (κ3) is 3.18. The van der Waals surface area contributed by atoms with Crippen LogP contribution >= 0.6 is 0 Å². The van der Waals surface area contributed by atoms with Crippen LogP contribution in [0.4, 0.5) is 11.4 Å². The summed E-state index contributed by atoms with van der Waals surface area (Å²) >= 11 is 0. The van der Waals surface area contributed by atoms with E-state index in [1.807, 2.05) is 49.4 Å². The quantitative estimate of drug-likeness (QED) is 0.867. The molecule has 2 aromatic carbocycles. The number of anilines is 2. The molecule has 0 bridgehead atoms. The van der Waals surface area contributed by atoms with Crippen LogP contribution in [-0.2, 0) is 22.4 Å². The number of nitrogens with zero attached hydrogens (tertiary/aromatic N) is 2. The van der Waals surface area contributed by atoms with Gasteiger partial charge in [-0.2, -0.15) is 0 Å². The molecule has 0 radical (unpaired) electrons. The lowest BCUT2D eigenvalue weighted by Crippen LogP contribution is -2.32. The van der Waals surface area contributed by atoms with Gasteiger partial charge in [0.2, 0.25) is 11.8 Å². The number of likely N-dealkylation sites (N-methyl/N-ethyl adjacent to an activating group) is 1. The molecule has 4 nitrogen and oxygen atoms in total. The molecule has 0 atom stereocenters. The summed E-state index contributed by atoms with van der Waals surface area (Å²) in [6.45, 7) is 2.63. The molecule has 0 aliphatic carbocycles. The first-order chi connectivity index (χ1) is 11.6. The van der Waals surface area contributed by atoms with E-state index >= 15 is 0 Å². The van der Waals surface area contributed by atoms with Gasteiger partial charge < -0.3 is 9.80 Å². The van der Waals surface area contributed by atoms with Crippen LogP contribution in [0.15, 0.2) is 48.5 Å². The van der Waals surface area contributed by atoms with E-state index in [4.69, 9.17) is 0 Å². The molecule has 1 aliphatic rings. The molecule has 2 aromatic rings. The Morgan fingerprint density at radius 3 is 2.58 bits per heavy atom. The Labute approximate surface area is 142 Å². The highest BCUT2D eigenvalue weighted by molar-refractivity contribution is 5.97. The van der Waals surface area contributed by atoms with Gasteiger partial charge in [-0.15, -0.1) is 0 Å². The zero-order chi connectivity index (χ0) is 17.1. The summed E-state index contributed by atoms with van der Waals surface area (Å²) in [5.41, 5.74) is 4.02. The second-order valence-corrected chi connectivity index (χ2v) is 6.07. The van der Waals surface area contributed by atoms with Gasteiger partial charge in [-0.25, -0.2) is 0 Å². The predicted molar refractivity (Wildman–Crippen MR) is 96.3 cm³/mol. The van der Waals surface area contributed by atoms with E-state index in [1.54, 1.807) is 16.8 Å². The highest BCUT2D eigenvalue weighted by Crippen LogP contribution is 2.28. The maximum absolute atomic E-state index is 12.7. The Balaban J connectivity index is 1.78. The number of para-hydroxylation sites is 1. The summed E-state index contributed by atoms with van der Waals surface area (Å²) < 4.78 is 0. The second kappa shape index (κ2) is 6.87. The van der Waals surface area contributed by atoms with Crippen LogP contribution in [0.2, 0.25) is 0 Å². The molecule has 4 heteroatoms. The van der Waals surface area contributed by atoms with E-state index in [2.05, 4.69) is 6.07 Å². The van der Waals surface area contributed by atoms with Gasteiger partial charge in [0.05, 0.1) is 6.42 Å². The molecule has 0 spiro atoms. The third-order valence-electron chi connectivity index (χ3n) is 4.53. The molecule has 0 unspecified atom stereocenters.